The zero-order valence-corrected chi connectivity index (χ0v) is 18.3. The summed E-state index contributed by atoms with van der Waals surface area (Å²) in [5.41, 5.74) is 2.20. The fourth-order valence-corrected chi connectivity index (χ4v) is 3.92. The molecule has 0 amide bonds. The van der Waals surface area contributed by atoms with Crippen molar-refractivity contribution in [1.82, 2.24) is 20.6 Å². The Hall–Kier alpha value is -2.74. The third kappa shape index (κ3) is 5.41. The number of thiazole rings is 1. The number of nitrogens with one attached hydrogen (secondary N) is 3. The van der Waals surface area contributed by atoms with Gasteiger partial charge in [-0.15, -0.1) is 11.3 Å². The minimum atomic E-state index is 0.688. The summed E-state index contributed by atoms with van der Waals surface area (Å²) in [6.45, 7) is 3.66. The van der Waals surface area contributed by atoms with Gasteiger partial charge in [0.05, 0.1) is 26.3 Å². The van der Waals surface area contributed by atoms with Gasteiger partial charge in [0.2, 0.25) is 0 Å². The molecule has 0 saturated carbocycles. The summed E-state index contributed by atoms with van der Waals surface area (Å²) in [5.74, 6) is 2.39. The van der Waals surface area contributed by atoms with E-state index in [1.807, 2.05) is 18.3 Å². The molecule has 3 aromatic rings. The van der Waals surface area contributed by atoms with Crippen LogP contribution in [-0.4, -0.2) is 43.7 Å². The van der Waals surface area contributed by atoms with Crippen molar-refractivity contribution < 1.29 is 9.47 Å². The lowest BCUT2D eigenvalue weighted by Crippen LogP contribution is -2.37. The largest absolute Gasteiger partial charge is 0.497 e. The van der Waals surface area contributed by atoms with Gasteiger partial charge in [0.25, 0.3) is 0 Å². The lowest BCUT2D eigenvalue weighted by atomic mass is 10.2. The summed E-state index contributed by atoms with van der Waals surface area (Å²) in [5, 5.41) is 8.83. The fraction of sp³-hybridized carbons (Fsp3) is 0.429. The molecule has 2 aromatic heterocycles. The van der Waals surface area contributed by atoms with Gasteiger partial charge in [-0.2, -0.15) is 0 Å². The SMILES string of the molecule is CCc1cnc(CNC(=NC)NCCCc2cc3c(OC)cc(OC)cc3[nH]2)s1. The Balaban J connectivity index is 1.48. The van der Waals surface area contributed by atoms with Gasteiger partial charge in [-0.3, -0.25) is 4.99 Å². The van der Waals surface area contributed by atoms with Crippen LogP contribution in [0.2, 0.25) is 0 Å². The van der Waals surface area contributed by atoms with Crippen LogP contribution in [0.15, 0.2) is 29.4 Å². The Morgan fingerprint density at radius 1 is 1.21 bits per heavy atom. The number of rotatable bonds is 9. The molecule has 0 spiro atoms. The molecule has 0 aliphatic carbocycles. The van der Waals surface area contributed by atoms with E-state index < -0.39 is 0 Å². The third-order valence-electron chi connectivity index (χ3n) is 4.68. The van der Waals surface area contributed by atoms with Crippen molar-refractivity contribution in [1.29, 1.82) is 0 Å². The lowest BCUT2D eigenvalue weighted by Gasteiger charge is -2.10. The van der Waals surface area contributed by atoms with E-state index in [2.05, 4.69) is 38.6 Å². The van der Waals surface area contributed by atoms with Gasteiger partial charge < -0.3 is 25.1 Å². The standard InChI is InChI=1S/C21H29N5O2S/c1-5-16-12-24-20(29-16)13-25-21(22-2)23-8-6-7-14-9-17-18(26-14)10-15(27-3)11-19(17)28-4/h9-12,26H,5-8,13H2,1-4H3,(H2,22,23,25). The molecule has 156 valence electrons. The molecule has 0 aliphatic heterocycles. The molecule has 3 N–H and O–H groups in total. The van der Waals surface area contributed by atoms with Gasteiger partial charge in [0.1, 0.15) is 16.5 Å². The zero-order chi connectivity index (χ0) is 20.6. The fourth-order valence-electron chi connectivity index (χ4n) is 3.12. The molecule has 1 aromatic carbocycles. The molecule has 8 heteroatoms. The van der Waals surface area contributed by atoms with Gasteiger partial charge in [-0.05, 0) is 25.3 Å². The van der Waals surface area contributed by atoms with E-state index in [1.165, 1.54) is 10.6 Å². The monoisotopic (exact) mass is 415 g/mol. The molecule has 0 aliphatic rings. The van der Waals surface area contributed by atoms with Crippen LogP contribution in [0.25, 0.3) is 10.9 Å². The molecule has 0 radical (unpaired) electrons. The first kappa shape index (κ1) is 21.0. The molecule has 3 rings (SSSR count). The Labute approximate surface area is 175 Å². The third-order valence-corrected chi connectivity index (χ3v) is 5.82. The second kappa shape index (κ2) is 10.2. The number of guanidine groups is 1. The number of ether oxygens (including phenoxy) is 2. The van der Waals surface area contributed by atoms with Gasteiger partial charge >= 0.3 is 0 Å². The van der Waals surface area contributed by atoms with E-state index in [-0.39, 0.29) is 0 Å². The summed E-state index contributed by atoms with van der Waals surface area (Å²) >= 11 is 1.74. The highest BCUT2D eigenvalue weighted by molar-refractivity contribution is 7.11. The van der Waals surface area contributed by atoms with Crippen LogP contribution in [0.4, 0.5) is 0 Å². The van der Waals surface area contributed by atoms with E-state index in [4.69, 9.17) is 9.47 Å². The average molecular weight is 416 g/mol. The summed E-state index contributed by atoms with van der Waals surface area (Å²) in [4.78, 5) is 13.5. The minimum absolute atomic E-state index is 0.688. The first-order chi connectivity index (χ1) is 14.2. The van der Waals surface area contributed by atoms with E-state index in [9.17, 15) is 0 Å². The number of aromatic amines is 1. The lowest BCUT2D eigenvalue weighted by molar-refractivity contribution is 0.398. The maximum Gasteiger partial charge on any atom is 0.191 e. The first-order valence-electron chi connectivity index (χ1n) is 9.78. The molecule has 2 heterocycles. The second-order valence-electron chi connectivity index (χ2n) is 6.62. The molecular weight excluding hydrogens is 386 g/mol. The average Bonchev–Trinajstić information content (AvgIpc) is 3.38. The number of nitrogens with zero attached hydrogens (tertiary/aromatic N) is 2. The number of hydrogen-bond acceptors (Lipinski definition) is 5. The van der Waals surface area contributed by atoms with Crippen molar-refractivity contribution in [2.75, 3.05) is 27.8 Å². The van der Waals surface area contributed by atoms with E-state index in [1.54, 1.807) is 32.6 Å². The number of aromatic nitrogens is 2. The highest BCUT2D eigenvalue weighted by Gasteiger charge is 2.09. The molecule has 0 bridgehead atoms. The van der Waals surface area contributed by atoms with E-state index >= 15 is 0 Å². The van der Waals surface area contributed by atoms with Gasteiger partial charge in [-0.1, -0.05) is 6.92 Å². The zero-order valence-electron chi connectivity index (χ0n) is 17.5. The van der Waals surface area contributed by atoms with Crippen LogP contribution in [-0.2, 0) is 19.4 Å². The molecule has 0 atom stereocenters. The predicted molar refractivity (Wildman–Crippen MR) is 119 cm³/mol. The van der Waals surface area contributed by atoms with Crippen molar-refractivity contribution in [2.24, 2.45) is 4.99 Å². The molecule has 0 unspecified atom stereocenters. The van der Waals surface area contributed by atoms with E-state index in [0.29, 0.717) is 6.54 Å². The van der Waals surface area contributed by atoms with Crippen molar-refractivity contribution >= 4 is 28.2 Å². The normalized spacial score (nSPS) is 11.7. The molecule has 0 saturated heterocycles. The number of H-pyrrole nitrogens is 1. The molecule has 0 fully saturated rings. The van der Waals surface area contributed by atoms with Gasteiger partial charge in [0.15, 0.2) is 5.96 Å². The number of benzene rings is 1. The van der Waals surface area contributed by atoms with E-state index in [0.717, 1.165) is 59.2 Å². The van der Waals surface area contributed by atoms with Gasteiger partial charge in [-0.25, -0.2) is 4.98 Å². The maximum absolute atomic E-state index is 5.49. The summed E-state index contributed by atoms with van der Waals surface area (Å²) in [7, 11) is 5.12. The topological polar surface area (TPSA) is 83.6 Å². The Kier molecular flexibility index (Phi) is 7.35. The summed E-state index contributed by atoms with van der Waals surface area (Å²) < 4.78 is 10.8. The molecule has 7 nitrogen and oxygen atoms in total. The van der Waals surface area contributed by atoms with Crippen molar-refractivity contribution in [3.8, 4) is 11.5 Å². The number of aryl methyl sites for hydroxylation is 2. The maximum atomic E-state index is 5.49. The Morgan fingerprint density at radius 2 is 2.07 bits per heavy atom. The van der Waals surface area contributed by atoms with Crippen LogP contribution in [0.1, 0.15) is 28.9 Å². The smallest absolute Gasteiger partial charge is 0.191 e. The van der Waals surface area contributed by atoms with Crippen LogP contribution in [0, 0.1) is 0 Å². The Bertz CT molecular complexity index is 963. The minimum Gasteiger partial charge on any atom is -0.497 e. The first-order valence-corrected chi connectivity index (χ1v) is 10.6. The van der Waals surface area contributed by atoms with Crippen molar-refractivity contribution in [3.05, 3.63) is 40.0 Å². The second-order valence-corrected chi connectivity index (χ2v) is 7.82. The summed E-state index contributed by atoms with van der Waals surface area (Å²) in [6, 6.07) is 6.05. The molecule has 29 heavy (non-hydrogen) atoms. The highest BCUT2D eigenvalue weighted by Crippen LogP contribution is 2.31. The number of fused-ring (bicyclic) bond motifs is 1. The molecular formula is C21H29N5O2S. The quantitative estimate of drug-likeness (QED) is 0.283. The summed E-state index contributed by atoms with van der Waals surface area (Å²) in [6.07, 6.45) is 4.88. The van der Waals surface area contributed by atoms with Crippen molar-refractivity contribution in [3.63, 3.8) is 0 Å². The van der Waals surface area contributed by atoms with Crippen LogP contribution in [0.5, 0.6) is 11.5 Å². The Morgan fingerprint density at radius 3 is 2.76 bits per heavy atom. The van der Waals surface area contributed by atoms with Crippen molar-refractivity contribution in [2.45, 2.75) is 32.7 Å². The van der Waals surface area contributed by atoms with Gasteiger partial charge in [0, 0.05) is 47.9 Å². The number of aliphatic imine (C=N–C) groups is 1. The highest BCUT2D eigenvalue weighted by atomic mass is 32.1. The van der Waals surface area contributed by atoms with Crippen LogP contribution >= 0.6 is 11.3 Å². The number of hydrogen-bond donors (Lipinski definition) is 3. The predicted octanol–water partition coefficient (Wildman–Crippen LogP) is 3.50. The van der Waals surface area contributed by atoms with Crippen LogP contribution < -0.4 is 20.1 Å². The number of methoxy groups -OCH3 is 2. The van der Waals surface area contributed by atoms with Crippen LogP contribution in [0.3, 0.4) is 0 Å².